The molecule has 0 radical (unpaired) electrons. The van der Waals surface area contributed by atoms with E-state index >= 15 is 0 Å². The van der Waals surface area contributed by atoms with Crippen molar-refractivity contribution < 1.29 is 38.6 Å². The number of primary amides is 1. The Bertz CT molecular complexity index is 544. The normalized spacial score (nSPS) is 32.2. The van der Waals surface area contributed by atoms with Gasteiger partial charge in [-0.3, -0.25) is 9.32 Å². The number of carbonyl (C=O) groups excluding carboxylic acids is 1. The summed E-state index contributed by atoms with van der Waals surface area (Å²) in [4.78, 5) is 29.8. The summed E-state index contributed by atoms with van der Waals surface area (Å²) in [5, 5.41) is 19.8. The van der Waals surface area contributed by atoms with Crippen LogP contribution in [0, 0.1) is 0 Å². The Hall–Kier alpha value is -1.26. The predicted molar refractivity (Wildman–Crippen MR) is 71.5 cm³/mol. The summed E-state index contributed by atoms with van der Waals surface area (Å²) >= 11 is 0. The van der Waals surface area contributed by atoms with Gasteiger partial charge in [0.15, 0.2) is 6.23 Å². The zero-order chi connectivity index (χ0) is 16.5. The molecule has 2 aliphatic heterocycles. The van der Waals surface area contributed by atoms with Crippen molar-refractivity contribution in [3.63, 3.8) is 0 Å². The summed E-state index contributed by atoms with van der Waals surface area (Å²) in [6.45, 7) is -0.594. The van der Waals surface area contributed by atoms with Gasteiger partial charge in [-0.25, -0.2) is 4.57 Å². The smallest absolute Gasteiger partial charge is 0.387 e. The maximum atomic E-state index is 11.2. The van der Waals surface area contributed by atoms with Crippen LogP contribution in [0.3, 0.4) is 0 Å². The van der Waals surface area contributed by atoms with Gasteiger partial charge in [-0.2, -0.15) is 0 Å². The second-order valence-electron chi connectivity index (χ2n) is 4.89. The third-order valence-corrected chi connectivity index (χ3v) is 3.76. The van der Waals surface area contributed by atoms with Crippen molar-refractivity contribution in [2.75, 3.05) is 6.61 Å². The van der Waals surface area contributed by atoms with Crippen LogP contribution in [0.5, 0.6) is 0 Å². The zero-order valence-corrected chi connectivity index (χ0v) is 12.2. The van der Waals surface area contributed by atoms with Gasteiger partial charge in [0, 0.05) is 18.0 Å². The number of nitrogens with zero attached hydrogens (tertiary/aromatic N) is 1. The number of phosphoric ester groups is 1. The van der Waals surface area contributed by atoms with Crippen molar-refractivity contribution in [3.05, 3.63) is 24.0 Å². The molecule has 124 valence electrons. The molecule has 2 unspecified atom stereocenters. The Morgan fingerprint density at radius 1 is 1.45 bits per heavy atom. The van der Waals surface area contributed by atoms with Crippen LogP contribution >= 0.6 is 7.82 Å². The second-order valence-corrected chi connectivity index (χ2v) is 6.13. The molecule has 0 aromatic rings. The third kappa shape index (κ3) is 3.93. The minimum absolute atomic E-state index is 0.294. The Labute approximate surface area is 125 Å². The first kappa shape index (κ1) is 17.1. The highest BCUT2D eigenvalue weighted by Gasteiger charge is 2.45. The molecule has 1 saturated heterocycles. The van der Waals surface area contributed by atoms with Crippen molar-refractivity contribution in [2.24, 2.45) is 5.73 Å². The molecule has 10 nitrogen and oxygen atoms in total. The first-order valence-corrected chi connectivity index (χ1v) is 7.88. The van der Waals surface area contributed by atoms with E-state index in [1.165, 1.54) is 11.1 Å². The van der Waals surface area contributed by atoms with Crippen LogP contribution in [0.4, 0.5) is 0 Å². The topological polar surface area (TPSA) is 163 Å². The number of hydrogen-bond acceptors (Lipinski definition) is 7. The SMILES string of the molecule is NC(=O)C1=CN([C@@H]2O[C@H](COP(=O)(O)O)C(O)C2O)C=CC1. The average molecular weight is 336 g/mol. The number of carbonyl (C=O) groups is 1. The van der Waals surface area contributed by atoms with E-state index < -0.39 is 44.9 Å². The Kier molecular flexibility index (Phi) is 5.03. The number of allylic oxidation sites excluding steroid dienone is 1. The summed E-state index contributed by atoms with van der Waals surface area (Å²) in [5.74, 6) is -0.622. The number of amides is 1. The molecule has 0 aromatic carbocycles. The molecule has 0 aliphatic carbocycles. The van der Waals surface area contributed by atoms with E-state index in [1.807, 2.05) is 0 Å². The van der Waals surface area contributed by atoms with Crippen LogP contribution in [0.2, 0.25) is 0 Å². The highest BCUT2D eigenvalue weighted by Crippen LogP contribution is 2.37. The molecule has 1 fully saturated rings. The van der Waals surface area contributed by atoms with Gasteiger partial charge in [0.2, 0.25) is 5.91 Å². The molecule has 0 spiro atoms. The lowest BCUT2D eigenvalue weighted by Crippen LogP contribution is -2.40. The largest absolute Gasteiger partial charge is 0.469 e. The number of hydrogen-bond donors (Lipinski definition) is 5. The molecule has 2 heterocycles. The van der Waals surface area contributed by atoms with E-state index in [0.717, 1.165) is 0 Å². The van der Waals surface area contributed by atoms with Gasteiger partial charge in [-0.15, -0.1) is 0 Å². The van der Waals surface area contributed by atoms with Gasteiger partial charge in [0.1, 0.15) is 18.3 Å². The molecule has 0 bridgehead atoms. The summed E-state index contributed by atoms with van der Waals surface area (Å²) < 4.78 is 20.3. The molecule has 11 heteroatoms. The number of aliphatic hydroxyl groups is 2. The van der Waals surface area contributed by atoms with Crippen LogP contribution in [-0.2, 0) is 18.6 Å². The Morgan fingerprint density at radius 3 is 2.73 bits per heavy atom. The lowest BCUT2D eigenvalue weighted by Gasteiger charge is -2.28. The summed E-state index contributed by atoms with van der Waals surface area (Å²) in [6.07, 6.45) is -0.0475. The van der Waals surface area contributed by atoms with Crippen LogP contribution < -0.4 is 5.73 Å². The molecule has 2 aliphatic rings. The van der Waals surface area contributed by atoms with Crippen LogP contribution in [0.25, 0.3) is 0 Å². The first-order valence-electron chi connectivity index (χ1n) is 6.35. The van der Waals surface area contributed by atoms with Gasteiger partial charge < -0.3 is 35.4 Å². The number of aliphatic hydroxyl groups excluding tert-OH is 2. The molecule has 6 N–H and O–H groups in total. The maximum Gasteiger partial charge on any atom is 0.469 e. The Balaban J connectivity index is 2.06. The fourth-order valence-corrected chi connectivity index (χ4v) is 2.52. The average Bonchev–Trinajstić information content (AvgIpc) is 2.72. The van der Waals surface area contributed by atoms with Gasteiger partial charge in [-0.05, 0) is 6.42 Å². The van der Waals surface area contributed by atoms with Crippen molar-refractivity contribution in [3.8, 4) is 0 Å². The monoisotopic (exact) mass is 336 g/mol. The molecule has 4 atom stereocenters. The summed E-state index contributed by atoms with van der Waals surface area (Å²) in [5.41, 5.74) is 5.48. The van der Waals surface area contributed by atoms with Gasteiger partial charge in [0.05, 0.1) is 6.61 Å². The number of phosphoric acid groups is 1. The van der Waals surface area contributed by atoms with Crippen molar-refractivity contribution in [1.82, 2.24) is 4.90 Å². The minimum Gasteiger partial charge on any atom is -0.387 e. The van der Waals surface area contributed by atoms with E-state index in [9.17, 15) is 19.6 Å². The quantitative estimate of drug-likeness (QED) is 0.362. The molecular weight excluding hydrogens is 319 g/mol. The predicted octanol–water partition coefficient (Wildman–Crippen LogP) is -1.87. The van der Waals surface area contributed by atoms with Crippen molar-refractivity contribution in [2.45, 2.75) is 31.0 Å². The first-order chi connectivity index (χ1) is 10.2. The molecule has 2 rings (SSSR count). The van der Waals surface area contributed by atoms with E-state index in [1.54, 1.807) is 12.3 Å². The molecule has 22 heavy (non-hydrogen) atoms. The standard InChI is InChI=1S/C11H17N2O8P/c12-10(16)6-2-1-3-13(4-6)11-9(15)8(14)7(21-11)5-20-22(17,18)19/h1,3-4,7-9,11,14-15H,2,5H2,(H2,12,16)(H2,17,18,19)/t7-,8?,9?,11-/m1/s1. The summed E-state index contributed by atoms with van der Waals surface area (Å²) in [6, 6.07) is 0. The molecule has 0 aromatic heterocycles. The molecular formula is C11H17N2O8P. The van der Waals surface area contributed by atoms with Crippen LogP contribution in [0.15, 0.2) is 24.0 Å². The van der Waals surface area contributed by atoms with Crippen molar-refractivity contribution >= 4 is 13.7 Å². The molecule has 0 saturated carbocycles. The van der Waals surface area contributed by atoms with E-state index in [2.05, 4.69) is 4.52 Å². The minimum atomic E-state index is -4.71. The summed E-state index contributed by atoms with van der Waals surface area (Å²) in [7, 11) is -4.71. The second kappa shape index (κ2) is 6.47. The van der Waals surface area contributed by atoms with Crippen molar-refractivity contribution in [1.29, 1.82) is 0 Å². The number of nitrogens with two attached hydrogens (primary N) is 1. The highest BCUT2D eigenvalue weighted by atomic mass is 31.2. The fraction of sp³-hybridized carbons (Fsp3) is 0.545. The third-order valence-electron chi connectivity index (χ3n) is 3.27. The molecule has 1 amide bonds. The van der Waals surface area contributed by atoms with Gasteiger partial charge in [0.25, 0.3) is 0 Å². The van der Waals surface area contributed by atoms with Gasteiger partial charge in [-0.1, -0.05) is 6.08 Å². The Morgan fingerprint density at radius 2 is 2.14 bits per heavy atom. The number of rotatable bonds is 5. The lowest BCUT2D eigenvalue weighted by molar-refractivity contribution is -0.114. The van der Waals surface area contributed by atoms with E-state index in [4.69, 9.17) is 20.3 Å². The fourth-order valence-electron chi connectivity index (χ4n) is 2.18. The number of ether oxygens (including phenoxy) is 1. The lowest BCUT2D eigenvalue weighted by atomic mass is 10.1. The highest BCUT2D eigenvalue weighted by molar-refractivity contribution is 7.46. The van der Waals surface area contributed by atoms with E-state index in [-0.39, 0.29) is 0 Å². The maximum absolute atomic E-state index is 11.2. The van der Waals surface area contributed by atoms with Crippen LogP contribution in [-0.4, -0.2) is 62.0 Å². The van der Waals surface area contributed by atoms with E-state index in [0.29, 0.717) is 12.0 Å². The zero-order valence-electron chi connectivity index (χ0n) is 11.3. The van der Waals surface area contributed by atoms with Crippen LogP contribution in [0.1, 0.15) is 6.42 Å². The van der Waals surface area contributed by atoms with Gasteiger partial charge >= 0.3 is 7.82 Å².